The molecule has 0 unspecified atom stereocenters. The number of hydrogen-bond donors (Lipinski definition) is 1. The molecule has 0 aliphatic rings. The lowest BCUT2D eigenvalue weighted by Gasteiger charge is -2.09. The fraction of sp³-hybridized carbons (Fsp3) is 0.286. The molecule has 1 nitrogen and oxygen atoms in total. The van der Waals surface area contributed by atoms with Crippen LogP contribution in [0.15, 0.2) is 24.3 Å². The first-order valence-corrected chi connectivity index (χ1v) is 6.61. The standard InChI is InChI=1S/C14H14F3NS/c1-8-9(2)19-13(18)12(8)7-10-4-3-5-11(6-10)14(15,16)17/h3-6H,7,18H2,1-2H3. The maximum absolute atomic E-state index is 12.6. The summed E-state index contributed by atoms with van der Waals surface area (Å²) in [4.78, 5) is 1.11. The molecule has 0 atom stereocenters. The van der Waals surface area contributed by atoms with E-state index in [1.807, 2.05) is 13.8 Å². The van der Waals surface area contributed by atoms with Gasteiger partial charge in [0.25, 0.3) is 0 Å². The molecule has 1 aromatic heterocycles. The molecule has 1 heterocycles. The zero-order valence-electron chi connectivity index (χ0n) is 10.6. The van der Waals surface area contributed by atoms with Crippen molar-refractivity contribution in [1.29, 1.82) is 0 Å². The highest BCUT2D eigenvalue weighted by Gasteiger charge is 2.30. The molecular weight excluding hydrogens is 271 g/mol. The summed E-state index contributed by atoms with van der Waals surface area (Å²) in [5.41, 5.74) is 7.92. The quantitative estimate of drug-likeness (QED) is 0.860. The number of nitrogens with two attached hydrogens (primary N) is 1. The molecule has 0 amide bonds. The first-order chi connectivity index (χ1) is 8.79. The third-order valence-electron chi connectivity index (χ3n) is 3.18. The van der Waals surface area contributed by atoms with Crippen molar-refractivity contribution in [3.05, 3.63) is 51.4 Å². The summed E-state index contributed by atoms with van der Waals surface area (Å²) in [6, 6.07) is 5.40. The Morgan fingerprint density at radius 2 is 1.89 bits per heavy atom. The average Bonchev–Trinajstić information content (AvgIpc) is 2.55. The topological polar surface area (TPSA) is 26.0 Å². The second-order valence-corrected chi connectivity index (χ2v) is 5.76. The molecule has 0 aliphatic heterocycles. The molecule has 0 aliphatic carbocycles. The number of halogens is 3. The van der Waals surface area contributed by atoms with Crippen LogP contribution in [0.5, 0.6) is 0 Å². The fourth-order valence-corrected chi connectivity index (χ4v) is 2.94. The van der Waals surface area contributed by atoms with Gasteiger partial charge in [0, 0.05) is 11.3 Å². The van der Waals surface area contributed by atoms with Crippen LogP contribution >= 0.6 is 11.3 Å². The Bertz CT molecular complexity index is 599. The van der Waals surface area contributed by atoms with E-state index in [4.69, 9.17) is 5.73 Å². The highest BCUT2D eigenvalue weighted by molar-refractivity contribution is 7.16. The van der Waals surface area contributed by atoms with E-state index in [9.17, 15) is 13.2 Å². The summed E-state index contributed by atoms with van der Waals surface area (Å²) in [5.74, 6) is 0. The summed E-state index contributed by atoms with van der Waals surface area (Å²) >= 11 is 1.48. The van der Waals surface area contributed by atoms with Gasteiger partial charge in [-0.25, -0.2) is 0 Å². The number of benzene rings is 1. The van der Waals surface area contributed by atoms with Gasteiger partial charge in [0.1, 0.15) is 0 Å². The Kier molecular flexibility index (Phi) is 3.58. The van der Waals surface area contributed by atoms with Crippen LogP contribution in [0.1, 0.15) is 27.1 Å². The molecule has 2 aromatic rings. The van der Waals surface area contributed by atoms with E-state index in [0.29, 0.717) is 17.0 Å². The van der Waals surface area contributed by atoms with E-state index >= 15 is 0 Å². The number of hydrogen-bond acceptors (Lipinski definition) is 2. The van der Waals surface area contributed by atoms with Gasteiger partial charge in [-0.15, -0.1) is 11.3 Å². The van der Waals surface area contributed by atoms with Crippen molar-refractivity contribution >= 4 is 16.3 Å². The summed E-state index contributed by atoms with van der Waals surface area (Å²) in [6.45, 7) is 3.91. The molecule has 0 spiro atoms. The van der Waals surface area contributed by atoms with Gasteiger partial charge in [0.05, 0.1) is 10.6 Å². The molecule has 19 heavy (non-hydrogen) atoms. The first-order valence-electron chi connectivity index (χ1n) is 5.79. The van der Waals surface area contributed by atoms with Crippen LogP contribution in [-0.2, 0) is 12.6 Å². The molecule has 2 rings (SSSR count). The number of nitrogen functional groups attached to an aromatic ring is 1. The highest BCUT2D eigenvalue weighted by Crippen LogP contribution is 2.33. The highest BCUT2D eigenvalue weighted by atomic mass is 32.1. The monoisotopic (exact) mass is 285 g/mol. The lowest BCUT2D eigenvalue weighted by Crippen LogP contribution is -2.05. The van der Waals surface area contributed by atoms with E-state index < -0.39 is 11.7 Å². The van der Waals surface area contributed by atoms with E-state index in [-0.39, 0.29) is 0 Å². The lowest BCUT2D eigenvalue weighted by atomic mass is 10.0. The molecule has 0 fully saturated rings. The van der Waals surface area contributed by atoms with Gasteiger partial charge >= 0.3 is 6.18 Å². The molecule has 0 saturated carbocycles. The predicted octanol–water partition coefficient (Wildman–Crippen LogP) is 4.56. The van der Waals surface area contributed by atoms with Crippen LogP contribution in [-0.4, -0.2) is 0 Å². The second kappa shape index (κ2) is 4.89. The van der Waals surface area contributed by atoms with Gasteiger partial charge in [0.2, 0.25) is 0 Å². The van der Waals surface area contributed by atoms with Gasteiger partial charge in [0.15, 0.2) is 0 Å². The van der Waals surface area contributed by atoms with E-state index in [1.54, 1.807) is 6.07 Å². The van der Waals surface area contributed by atoms with Crippen molar-refractivity contribution < 1.29 is 13.2 Å². The Morgan fingerprint density at radius 3 is 2.42 bits per heavy atom. The molecule has 2 N–H and O–H groups in total. The third kappa shape index (κ3) is 2.92. The van der Waals surface area contributed by atoms with E-state index in [2.05, 4.69) is 0 Å². The minimum absolute atomic E-state index is 0.436. The van der Waals surface area contributed by atoms with Gasteiger partial charge in [-0.2, -0.15) is 13.2 Å². The van der Waals surface area contributed by atoms with Gasteiger partial charge in [-0.3, -0.25) is 0 Å². The molecule has 5 heteroatoms. The maximum atomic E-state index is 12.6. The van der Waals surface area contributed by atoms with Gasteiger partial charge in [-0.05, 0) is 36.6 Å². The van der Waals surface area contributed by atoms with Crippen LogP contribution in [0.3, 0.4) is 0 Å². The maximum Gasteiger partial charge on any atom is 0.416 e. The number of anilines is 1. The predicted molar refractivity (Wildman–Crippen MR) is 72.5 cm³/mol. The van der Waals surface area contributed by atoms with Crippen molar-refractivity contribution in [3.63, 3.8) is 0 Å². The second-order valence-electron chi connectivity index (χ2n) is 4.50. The molecule has 102 valence electrons. The van der Waals surface area contributed by atoms with Crippen molar-refractivity contribution in [3.8, 4) is 0 Å². The van der Waals surface area contributed by atoms with Crippen LogP contribution in [0, 0.1) is 13.8 Å². The van der Waals surface area contributed by atoms with Crippen LogP contribution in [0.4, 0.5) is 18.2 Å². The lowest BCUT2D eigenvalue weighted by molar-refractivity contribution is -0.137. The summed E-state index contributed by atoms with van der Waals surface area (Å²) in [7, 11) is 0. The zero-order chi connectivity index (χ0) is 14.2. The summed E-state index contributed by atoms with van der Waals surface area (Å²) in [5, 5.41) is 0.687. The first kappa shape index (κ1) is 13.9. The molecular formula is C14H14F3NS. The minimum atomic E-state index is -4.30. The van der Waals surface area contributed by atoms with Crippen LogP contribution < -0.4 is 5.73 Å². The van der Waals surface area contributed by atoms with Crippen LogP contribution in [0.25, 0.3) is 0 Å². The SMILES string of the molecule is Cc1sc(N)c(Cc2cccc(C(F)(F)F)c2)c1C. The third-order valence-corrected chi connectivity index (χ3v) is 4.26. The summed E-state index contributed by atoms with van der Waals surface area (Å²) in [6.07, 6.45) is -3.87. The van der Waals surface area contributed by atoms with Crippen molar-refractivity contribution in [2.24, 2.45) is 0 Å². The Balaban J connectivity index is 2.34. The van der Waals surface area contributed by atoms with E-state index in [0.717, 1.165) is 22.1 Å². The van der Waals surface area contributed by atoms with Gasteiger partial charge < -0.3 is 5.73 Å². The normalized spacial score (nSPS) is 11.8. The molecule has 0 bridgehead atoms. The van der Waals surface area contributed by atoms with Gasteiger partial charge in [-0.1, -0.05) is 18.2 Å². The fourth-order valence-electron chi connectivity index (χ4n) is 1.98. The van der Waals surface area contributed by atoms with Crippen molar-refractivity contribution in [1.82, 2.24) is 0 Å². The Hall–Kier alpha value is -1.49. The Labute approximate surface area is 113 Å². The largest absolute Gasteiger partial charge is 0.416 e. The van der Waals surface area contributed by atoms with Crippen molar-refractivity contribution in [2.75, 3.05) is 5.73 Å². The average molecular weight is 285 g/mol. The van der Waals surface area contributed by atoms with Crippen molar-refractivity contribution in [2.45, 2.75) is 26.4 Å². The Morgan fingerprint density at radius 1 is 1.21 bits per heavy atom. The molecule has 0 radical (unpaired) electrons. The van der Waals surface area contributed by atoms with Crippen LogP contribution in [0.2, 0.25) is 0 Å². The number of aryl methyl sites for hydroxylation is 1. The smallest absolute Gasteiger partial charge is 0.390 e. The zero-order valence-corrected chi connectivity index (χ0v) is 11.5. The minimum Gasteiger partial charge on any atom is -0.390 e. The summed E-state index contributed by atoms with van der Waals surface area (Å²) < 4.78 is 37.9. The number of thiophene rings is 1. The number of alkyl halides is 3. The molecule has 1 aromatic carbocycles. The number of rotatable bonds is 2. The van der Waals surface area contributed by atoms with E-state index in [1.165, 1.54) is 23.5 Å². The molecule has 0 saturated heterocycles.